The molecule has 17 heavy (non-hydrogen) atoms. The fraction of sp³-hybridized carbons (Fsp3) is 0.417. The summed E-state index contributed by atoms with van der Waals surface area (Å²) in [5.74, 6) is 0.0900. The van der Waals surface area contributed by atoms with Gasteiger partial charge in [0.2, 0.25) is 0 Å². The van der Waals surface area contributed by atoms with Gasteiger partial charge in [-0.25, -0.2) is 0 Å². The first-order chi connectivity index (χ1) is 8.27. The highest BCUT2D eigenvalue weighted by Gasteiger charge is 2.32. The third kappa shape index (κ3) is 1.75. The maximum absolute atomic E-state index is 10.4. The summed E-state index contributed by atoms with van der Waals surface area (Å²) in [6, 6.07) is 4.04. The van der Waals surface area contributed by atoms with Crippen LogP contribution in [-0.2, 0) is 6.42 Å². The molecule has 2 atom stereocenters. The topological polar surface area (TPSA) is 58.9 Å². The molecule has 1 aliphatic carbocycles. The van der Waals surface area contributed by atoms with Gasteiger partial charge in [0.05, 0.1) is 10.6 Å². The average molecular weight is 247 g/mol. The van der Waals surface area contributed by atoms with E-state index in [1.807, 2.05) is 13.0 Å². The molecule has 0 saturated carbocycles. The van der Waals surface area contributed by atoms with Crippen molar-refractivity contribution in [2.75, 3.05) is 0 Å². The van der Waals surface area contributed by atoms with Crippen LogP contribution in [0.25, 0.3) is 0 Å². The van der Waals surface area contributed by atoms with Gasteiger partial charge < -0.3 is 5.11 Å². The minimum atomic E-state index is -0.522. The summed E-state index contributed by atoms with van der Waals surface area (Å²) in [6.07, 6.45) is 3.22. The number of aryl methyl sites for hydroxylation is 2. The van der Waals surface area contributed by atoms with E-state index in [2.05, 4.69) is 20.6 Å². The first-order valence-electron chi connectivity index (χ1n) is 5.68. The van der Waals surface area contributed by atoms with Gasteiger partial charge in [0.15, 0.2) is 0 Å². The second kappa shape index (κ2) is 4.16. The van der Waals surface area contributed by atoms with E-state index in [9.17, 15) is 5.11 Å². The summed E-state index contributed by atoms with van der Waals surface area (Å²) in [4.78, 5) is 5.27. The summed E-state index contributed by atoms with van der Waals surface area (Å²) in [7, 11) is 0. The van der Waals surface area contributed by atoms with E-state index in [1.165, 1.54) is 17.1 Å². The third-order valence-corrected chi connectivity index (χ3v) is 4.24. The van der Waals surface area contributed by atoms with Gasteiger partial charge in [0, 0.05) is 17.8 Å². The number of pyridine rings is 1. The van der Waals surface area contributed by atoms with Gasteiger partial charge in [-0.15, -0.1) is 5.10 Å². The molecule has 1 aliphatic rings. The van der Waals surface area contributed by atoms with Gasteiger partial charge >= 0.3 is 0 Å². The number of nitrogens with zero attached hydrogens (tertiary/aromatic N) is 3. The molecule has 0 fully saturated rings. The van der Waals surface area contributed by atoms with E-state index in [0.29, 0.717) is 0 Å². The molecule has 1 N–H and O–H groups in total. The molecule has 2 heterocycles. The summed E-state index contributed by atoms with van der Waals surface area (Å²) < 4.78 is 3.88. The van der Waals surface area contributed by atoms with Gasteiger partial charge in [-0.3, -0.25) is 4.98 Å². The molecule has 2 aromatic rings. The molecule has 88 valence electrons. The summed E-state index contributed by atoms with van der Waals surface area (Å²) >= 11 is 1.28. The lowest BCUT2D eigenvalue weighted by molar-refractivity contribution is 0.146. The fourth-order valence-corrected chi connectivity index (χ4v) is 3.14. The van der Waals surface area contributed by atoms with Crippen LogP contribution in [0.3, 0.4) is 0 Å². The van der Waals surface area contributed by atoms with Crippen LogP contribution in [0.5, 0.6) is 0 Å². The van der Waals surface area contributed by atoms with E-state index >= 15 is 0 Å². The van der Waals surface area contributed by atoms with Crippen molar-refractivity contribution in [2.45, 2.75) is 31.8 Å². The molecule has 0 radical (unpaired) electrons. The molecule has 2 aromatic heterocycles. The Kier molecular flexibility index (Phi) is 2.64. The number of hydrogen-bond acceptors (Lipinski definition) is 5. The molecule has 3 rings (SSSR count). The number of aromatic nitrogens is 3. The second-order valence-electron chi connectivity index (χ2n) is 4.36. The predicted octanol–water partition coefficient (Wildman–Crippen LogP) is 2.00. The van der Waals surface area contributed by atoms with Crippen LogP contribution in [-0.4, -0.2) is 19.7 Å². The molecule has 0 saturated heterocycles. The minimum Gasteiger partial charge on any atom is -0.387 e. The van der Waals surface area contributed by atoms with E-state index < -0.39 is 6.10 Å². The molecule has 0 spiro atoms. The summed E-state index contributed by atoms with van der Waals surface area (Å²) in [6.45, 7) is 1.89. The van der Waals surface area contributed by atoms with Crippen molar-refractivity contribution in [2.24, 2.45) is 0 Å². The van der Waals surface area contributed by atoms with Gasteiger partial charge in [-0.05, 0) is 42.9 Å². The molecule has 4 nitrogen and oxygen atoms in total. The third-order valence-electron chi connectivity index (χ3n) is 3.34. The maximum atomic E-state index is 10.4. The van der Waals surface area contributed by atoms with Crippen LogP contribution in [0.2, 0.25) is 0 Å². The zero-order chi connectivity index (χ0) is 11.8. The lowest BCUT2D eigenvalue weighted by Crippen LogP contribution is -2.09. The standard InChI is InChI=1S/C12H13N3OS/c1-7-12(17-15-14-7)11(16)9-5-4-8-3-2-6-13-10(8)9/h2-3,6,9,11,16H,4-5H2,1H3. The van der Waals surface area contributed by atoms with Crippen LogP contribution in [0.1, 0.15) is 40.3 Å². The lowest BCUT2D eigenvalue weighted by Gasteiger charge is -2.16. The van der Waals surface area contributed by atoms with Crippen LogP contribution in [0.15, 0.2) is 18.3 Å². The summed E-state index contributed by atoms with van der Waals surface area (Å²) in [5, 5.41) is 14.4. The largest absolute Gasteiger partial charge is 0.387 e. The average Bonchev–Trinajstić information content (AvgIpc) is 2.94. The predicted molar refractivity (Wildman–Crippen MR) is 64.9 cm³/mol. The van der Waals surface area contributed by atoms with Crippen molar-refractivity contribution < 1.29 is 5.11 Å². The Morgan fingerprint density at radius 1 is 1.53 bits per heavy atom. The second-order valence-corrected chi connectivity index (χ2v) is 5.15. The minimum absolute atomic E-state index is 0.0900. The molecule has 5 heteroatoms. The molecular formula is C12H13N3OS. The maximum Gasteiger partial charge on any atom is 0.100 e. The van der Waals surface area contributed by atoms with Crippen molar-refractivity contribution in [3.05, 3.63) is 40.2 Å². The van der Waals surface area contributed by atoms with E-state index in [0.717, 1.165) is 29.1 Å². The Labute approximate surface area is 104 Å². The van der Waals surface area contributed by atoms with Crippen molar-refractivity contribution in [1.82, 2.24) is 14.6 Å². The Hall–Kier alpha value is -1.33. The van der Waals surface area contributed by atoms with Crippen LogP contribution < -0.4 is 0 Å². The normalized spacial score (nSPS) is 20.2. The van der Waals surface area contributed by atoms with Crippen LogP contribution in [0, 0.1) is 6.92 Å². The number of rotatable bonds is 2. The Balaban J connectivity index is 1.95. The number of aliphatic hydroxyl groups excluding tert-OH is 1. The van der Waals surface area contributed by atoms with Crippen LogP contribution in [0.4, 0.5) is 0 Å². The monoisotopic (exact) mass is 247 g/mol. The van der Waals surface area contributed by atoms with Crippen molar-refractivity contribution in [3.8, 4) is 0 Å². The fourth-order valence-electron chi connectivity index (χ4n) is 2.44. The SMILES string of the molecule is Cc1nnsc1C(O)C1CCc2cccnc21. The first kappa shape index (κ1) is 10.8. The van der Waals surface area contributed by atoms with E-state index in [-0.39, 0.29) is 5.92 Å². The first-order valence-corrected chi connectivity index (χ1v) is 6.45. The quantitative estimate of drug-likeness (QED) is 0.882. The highest BCUT2D eigenvalue weighted by molar-refractivity contribution is 7.05. The highest BCUT2D eigenvalue weighted by atomic mass is 32.1. The van der Waals surface area contributed by atoms with Gasteiger partial charge in [0.1, 0.15) is 6.10 Å². The van der Waals surface area contributed by atoms with Crippen molar-refractivity contribution in [3.63, 3.8) is 0 Å². The van der Waals surface area contributed by atoms with Crippen molar-refractivity contribution in [1.29, 1.82) is 0 Å². The van der Waals surface area contributed by atoms with Crippen LogP contribution >= 0.6 is 11.5 Å². The Morgan fingerprint density at radius 2 is 2.41 bits per heavy atom. The van der Waals surface area contributed by atoms with Gasteiger partial charge in [0.25, 0.3) is 0 Å². The Bertz CT molecular complexity index is 540. The van der Waals surface area contributed by atoms with E-state index in [4.69, 9.17) is 0 Å². The van der Waals surface area contributed by atoms with Crippen molar-refractivity contribution >= 4 is 11.5 Å². The molecule has 0 aliphatic heterocycles. The zero-order valence-corrected chi connectivity index (χ0v) is 10.3. The molecule has 0 amide bonds. The Morgan fingerprint density at radius 3 is 3.18 bits per heavy atom. The molecule has 0 bridgehead atoms. The van der Waals surface area contributed by atoms with E-state index in [1.54, 1.807) is 6.20 Å². The zero-order valence-electron chi connectivity index (χ0n) is 9.50. The highest BCUT2D eigenvalue weighted by Crippen LogP contribution is 2.41. The smallest absolute Gasteiger partial charge is 0.100 e. The molecular weight excluding hydrogens is 234 g/mol. The van der Waals surface area contributed by atoms with Gasteiger partial charge in [-0.2, -0.15) is 0 Å². The number of hydrogen-bond donors (Lipinski definition) is 1. The lowest BCUT2D eigenvalue weighted by atomic mass is 9.97. The summed E-state index contributed by atoms with van der Waals surface area (Å²) in [5.41, 5.74) is 3.12. The number of fused-ring (bicyclic) bond motifs is 1. The van der Waals surface area contributed by atoms with Gasteiger partial charge in [-0.1, -0.05) is 10.6 Å². The molecule has 2 unspecified atom stereocenters. The number of aliphatic hydroxyl groups is 1. The molecule has 0 aromatic carbocycles.